The Balaban J connectivity index is 1.09. The second kappa shape index (κ2) is 11.9. The van der Waals surface area contributed by atoms with E-state index < -0.39 is 11.8 Å². The van der Waals surface area contributed by atoms with Gasteiger partial charge in [-0.3, -0.25) is 5.43 Å². The minimum absolute atomic E-state index is 0.225. The molecule has 5 rings (SSSR count). The van der Waals surface area contributed by atoms with E-state index in [1.807, 2.05) is 49.4 Å². The van der Waals surface area contributed by atoms with Crippen LogP contribution < -0.4 is 31.1 Å². The van der Waals surface area contributed by atoms with E-state index in [2.05, 4.69) is 32.7 Å². The highest BCUT2D eigenvalue weighted by Crippen LogP contribution is 2.38. The molecule has 0 aliphatic carbocycles. The lowest BCUT2D eigenvalue weighted by Crippen LogP contribution is -2.46. The molecule has 39 heavy (non-hydrogen) atoms. The van der Waals surface area contributed by atoms with Gasteiger partial charge in [-0.15, -0.1) is 0 Å². The van der Waals surface area contributed by atoms with E-state index in [1.54, 1.807) is 12.1 Å². The minimum atomic E-state index is -0.943. The van der Waals surface area contributed by atoms with Gasteiger partial charge >= 0.3 is 6.03 Å². The summed E-state index contributed by atoms with van der Waals surface area (Å²) in [6.45, 7) is 6.20. The number of hydrogen-bond acceptors (Lipinski definition) is 7. The van der Waals surface area contributed by atoms with Crippen molar-refractivity contribution in [3.8, 4) is 5.75 Å². The summed E-state index contributed by atoms with van der Waals surface area (Å²) in [5, 5.41) is 3.73. The molecule has 3 aromatic rings. The van der Waals surface area contributed by atoms with Crippen LogP contribution in [-0.4, -0.2) is 51.5 Å². The number of urea groups is 1. The average Bonchev–Trinajstić information content (AvgIpc) is 3.34. The Bertz CT molecular complexity index is 1290. The third-order valence-corrected chi connectivity index (χ3v) is 7.44. The number of carbonyl (C=O) groups is 1. The second-order valence-corrected chi connectivity index (χ2v) is 10.4. The maximum absolute atomic E-state index is 11.4. The molecule has 2 aliphatic heterocycles. The van der Waals surface area contributed by atoms with E-state index in [-0.39, 0.29) is 6.10 Å². The smallest absolute Gasteiger partial charge is 0.333 e. The van der Waals surface area contributed by atoms with Crippen LogP contribution in [0.25, 0.3) is 0 Å². The number of piperazine rings is 1. The van der Waals surface area contributed by atoms with Gasteiger partial charge < -0.3 is 29.3 Å². The highest BCUT2D eigenvalue weighted by Gasteiger charge is 2.40. The number of hydrogen-bond donors (Lipinski definition) is 3. The normalized spacial score (nSPS) is 21.1. The predicted molar refractivity (Wildman–Crippen MR) is 154 cm³/mol. The number of halogens is 2. The van der Waals surface area contributed by atoms with Crippen molar-refractivity contribution in [2.24, 2.45) is 5.84 Å². The molecule has 206 valence electrons. The van der Waals surface area contributed by atoms with E-state index in [9.17, 15) is 4.79 Å². The predicted octanol–water partition coefficient (Wildman–Crippen LogP) is 4.98. The van der Waals surface area contributed by atoms with Crippen LogP contribution in [0.15, 0.2) is 66.7 Å². The molecule has 0 aromatic heterocycles. The van der Waals surface area contributed by atoms with Crippen LogP contribution in [0.3, 0.4) is 0 Å². The zero-order valence-electron chi connectivity index (χ0n) is 21.5. The molecule has 0 spiro atoms. The standard InChI is InChI=1S/C28H31Cl2N5O4/c1-28(25-11-2-19(29)16-26(25)30)38-18-24(39-28)17-37-23-9-7-22(8-10-23)35-14-12-34(13-15-35)21-5-3-20(4-6-21)32-27(36)33-31/h2-11,16,24H,12-15,17-18,31H2,1H3,(H2,32,33,36)/t24-,28+/m1/s1. The summed E-state index contributed by atoms with van der Waals surface area (Å²) in [4.78, 5) is 16.0. The number of nitrogens with one attached hydrogen (secondary N) is 2. The van der Waals surface area contributed by atoms with Crippen LogP contribution in [0, 0.1) is 0 Å². The minimum Gasteiger partial charge on any atom is -0.491 e. The number of benzene rings is 3. The number of nitrogens with two attached hydrogens (primary N) is 1. The van der Waals surface area contributed by atoms with Gasteiger partial charge in [0.2, 0.25) is 0 Å². The first-order valence-electron chi connectivity index (χ1n) is 12.7. The Morgan fingerprint density at radius 3 is 2.21 bits per heavy atom. The molecule has 2 amide bonds. The number of rotatable bonds is 7. The van der Waals surface area contributed by atoms with Crippen molar-refractivity contribution in [1.29, 1.82) is 0 Å². The molecule has 0 unspecified atom stereocenters. The molecule has 4 N–H and O–H groups in total. The van der Waals surface area contributed by atoms with Gasteiger partial charge in [0.15, 0.2) is 5.79 Å². The molecule has 2 aliphatic rings. The average molecular weight is 572 g/mol. The van der Waals surface area contributed by atoms with Crippen LogP contribution in [0.5, 0.6) is 5.75 Å². The van der Waals surface area contributed by atoms with Gasteiger partial charge in [-0.05, 0) is 67.6 Å². The van der Waals surface area contributed by atoms with Crippen molar-refractivity contribution in [2.45, 2.75) is 18.8 Å². The summed E-state index contributed by atoms with van der Waals surface area (Å²) in [6.07, 6.45) is -0.225. The quantitative estimate of drug-likeness (QED) is 0.209. The second-order valence-electron chi connectivity index (χ2n) is 9.55. The van der Waals surface area contributed by atoms with Crippen molar-refractivity contribution in [2.75, 3.05) is 54.5 Å². The van der Waals surface area contributed by atoms with Crippen molar-refractivity contribution >= 4 is 46.3 Å². The molecular formula is C28H31Cl2N5O4. The Morgan fingerprint density at radius 1 is 1.00 bits per heavy atom. The van der Waals surface area contributed by atoms with E-state index >= 15 is 0 Å². The summed E-state index contributed by atoms with van der Waals surface area (Å²) in [7, 11) is 0. The molecule has 0 radical (unpaired) electrons. The molecule has 0 bridgehead atoms. The molecule has 0 saturated carbocycles. The maximum atomic E-state index is 11.4. The lowest BCUT2D eigenvalue weighted by atomic mass is 10.1. The van der Waals surface area contributed by atoms with Crippen molar-refractivity contribution < 1.29 is 19.0 Å². The number of anilines is 3. The topological polar surface area (TPSA) is 101 Å². The van der Waals surface area contributed by atoms with Gasteiger partial charge in [-0.25, -0.2) is 10.6 Å². The van der Waals surface area contributed by atoms with Gasteiger partial charge in [-0.1, -0.05) is 29.3 Å². The largest absolute Gasteiger partial charge is 0.491 e. The third-order valence-electron chi connectivity index (χ3n) is 6.90. The first-order chi connectivity index (χ1) is 18.8. The molecule has 9 nitrogen and oxygen atoms in total. The Labute approximate surface area is 237 Å². The lowest BCUT2D eigenvalue weighted by Gasteiger charge is -2.37. The zero-order chi connectivity index (χ0) is 27.4. The number of hydrazine groups is 1. The summed E-state index contributed by atoms with van der Waals surface area (Å²) in [6, 6.07) is 20.7. The van der Waals surface area contributed by atoms with E-state index in [1.165, 1.54) is 0 Å². The van der Waals surface area contributed by atoms with Crippen LogP contribution in [0.4, 0.5) is 21.9 Å². The molecular weight excluding hydrogens is 541 g/mol. The third kappa shape index (κ3) is 6.51. The van der Waals surface area contributed by atoms with Crippen LogP contribution in [0.1, 0.15) is 12.5 Å². The molecule has 2 atom stereocenters. The van der Waals surface area contributed by atoms with Crippen molar-refractivity contribution in [1.82, 2.24) is 5.43 Å². The Hall–Kier alpha value is -3.21. The maximum Gasteiger partial charge on any atom is 0.333 e. The van der Waals surface area contributed by atoms with Crippen molar-refractivity contribution in [3.63, 3.8) is 0 Å². The summed E-state index contributed by atoms with van der Waals surface area (Å²) >= 11 is 12.4. The van der Waals surface area contributed by atoms with Crippen molar-refractivity contribution in [3.05, 3.63) is 82.3 Å². The number of ether oxygens (including phenoxy) is 3. The summed E-state index contributed by atoms with van der Waals surface area (Å²) in [5.41, 5.74) is 5.75. The Morgan fingerprint density at radius 2 is 1.62 bits per heavy atom. The van der Waals surface area contributed by atoms with Crippen LogP contribution in [0.2, 0.25) is 10.0 Å². The number of carbonyl (C=O) groups excluding carboxylic acids is 1. The van der Waals surface area contributed by atoms with Crippen LogP contribution >= 0.6 is 23.2 Å². The van der Waals surface area contributed by atoms with Gasteiger partial charge in [-0.2, -0.15) is 0 Å². The first-order valence-corrected chi connectivity index (χ1v) is 13.5. The SMILES string of the molecule is C[C@]1(c2ccc(Cl)cc2Cl)OC[C@@H](COc2ccc(N3CCN(c4ccc(NC(=O)NN)cc4)CC3)cc2)O1. The fourth-order valence-corrected chi connectivity index (χ4v) is 5.39. The number of nitrogens with zero attached hydrogens (tertiary/aromatic N) is 2. The van der Waals surface area contributed by atoms with Gasteiger partial charge in [0.05, 0.1) is 11.6 Å². The Kier molecular flexibility index (Phi) is 8.34. The van der Waals surface area contributed by atoms with E-state index in [0.29, 0.717) is 28.9 Å². The fourth-order valence-electron chi connectivity index (χ4n) is 4.81. The van der Waals surface area contributed by atoms with Crippen LogP contribution in [-0.2, 0) is 15.3 Å². The number of amides is 2. The molecule has 2 saturated heterocycles. The zero-order valence-corrected chi connectivity index (χ0v) is 23.0. The van der Waals surface area contributed by atoms with E-state index in [0.717, 1.165) is 48.9 Å². The highest BCUT2D eigenvalue weighted by molar-refractivity contribution is 6.35. The first kappa shape index (κ1) is 27.4. The molecule has 2 fully saturated rings. The molecule has 3 aromatic carbocycles. The highest BCUT2D eigenvalue weighted by atomic mass is 35.5. The van der Waals surface area contributed by atoms with Gasteiger partial charge in [0.25, 0.3) is 0 Å². The molecule has 11 heteroatoms. The molecule has 2 heterocycles. The fraction of sp³-hybridized carbons (Fsp3) is 0.321. The lowest BCUT2D eigenvalue weighted by molar-refractivity contribution is -0.164. The summed E-state index contributed by atoms with van der Waals surface area (Å²) < 4.78 is 18.1. The summed E-state index contributed by atoms with van der Waals surface area (Å²) in [5.74, 6) is 4.94. The van der Waals surface area contributed by atoms with Gasteiger partial charge in [0, 0.05) is 53.8 Å². The van der Waals surface area contributed by atoms with Gasteiger partial charge in [0.1, 0.15) is 18.5 Å². The van der Waals surface area contributed by atoms with E-state index in [4.69, 9.17) is 43.3 Å². The monoisotopic (exact) mass is 571 g/mol.